The van der Waals surface area contributed by atoms with Gasteiger partial charge < -0.3 is 14.8 Å². The zero-order valence-corrected chi connectivity index (χ0v) is 15.8. The summed E-state index contributed by atoms with van der Waals surface area (Å²) in [4.78, 5) is 12.2. The third kappa shape index (κ3) is 4.46. The number of amides is 1. The number of hydrogen-bond acceptors (Lipinski definition) is 7. The van der Waals surface area contributed by atoms with Crippen LogP contribution < -0.4 is 14.8 Å². The van der Waals surface area contributed by atoms with Crippen LogP contribution in [0.25, 0.3) is 0 Å². The van der Waals surface area contributed by atoms with Crippen molar-refractivity contribution >= 4 is 23.4 Å². The average Bonchev–Trinajstić information content (AvgIpc) is 3.32. The van der Waals surface area contributed by atoms with Gasteiger partial charge in [-0.05, 0) is 35.4 Å². The van der Waals surface area contributed by atoms with Crippen molar-refractivity contribution in [3.8, 4) is 11.5 Å². The molecule has 1 aliphatic carbocycles. The molecule has 1 heterocycles. The molecule has 0 aliphatic heterocycles. The summed E-state index contributed by atoms with van der Waals surface area (Å²) in [5.41, 5.74) is 0.670. The van der Waals surface area contributed by atoms with Gasteiger partial charge in [-0.3, -0.25) is 4.79 Å². The van der Waals surface area contributed by atoms with Gasteiger partial charge in [-0.1, -0.05) is 12.8 Å². The number of anilines is 1. The molecule has 1 saturated carbocycles. The lowest BCUT2D eigenvalue weighted by molar-refractivity contribution is -0.113. The fourth-order valence-electron chi connectivity index (χ4n) is 3.09. The van der Waals surface area contributed by atoms with E-state index in [0.29, 0.717) is 34.7 Å². The number of nitrogens with one attached hydrogen (secondary N) is 1. The topological polar surface area (TPSA) is 91.2 Å². The molecule has 0 radical (unpaired) electrons. The van der Waals surface area contributed by atoms with Gasteiger partial charge in [-0.2, -0.15) is 0 Å². The Balaban J connectivity index is 1.50. The van der Waals surface area contributed by atoms with Crippen LogP contribution in [0.4, 0.5) is 5.69 Å². The van der Waals surface area contributed by atoms with Crippen LogP contribution in [0.5, 0.6) is 11.5 Å². The SMILES string of the molecule is COc1ccc(NC(=O)CSCc2nnnn2C2CCCC2)cc1OC. The highest BCUT2D eigenvalue weighted by atomic mass is 32.2. The Morgan fingerprint density at radius 2 is 2.04 bits per heavy atom. The third-order valence-corrected chi connectivity index (χ3v) is 5.29. The predicted octanol–water partition coefficient (Wildman–Crippen LogP) is 2.68. The summed E-state index contributed by atoms with van der Waals surface area (Å²) in [7, 11) is 3.14. The molecule has 1 amide bonds. The highest BCUT2D eigenvalue weighted by molar-refractivity contribution is 7.99. The van der Waals surface area contributed by atoms with E-state index in [-0.39, 0.29) is 5.91 Å². The second kappa shape index (κ2) is 8.88. The molecule has 140 valence electrons. The van der Waals surface area contributed by atoms with Gasteiger partial charge in [0.2, 0.25) is 5.91 Å². The maximum Gasteiger partial charge on any atom is 0.234 e. The van der Waals surface area contributed by atoms with E-state index in [1.54, 1.807) is 32.4 Å². The average molecular weight is 377 g/mol. The van der Waals surface area contributed by atoms with Crippen LogP contribution >= 0.6 is 11.8 Å². The minimum Gasteiger partial charge on any atom is -0.493 e. The molecule has 1 N–H and O–H groups in total. The number of thioether (sulfide) groups is 1. The van der Waals surface area contributed by atoms with Crippen LogP contribution in [0.15, 0.2) is 18.2 Å². The Labute approximate surface area is 156 Å². The summed E-state index contributed by atoms with van der Waals surface area (Å²) in [6.07, 6.45) is 4.71. The number of nitrogens with zero attached hydrogens (tertiary/aromatic N) is 4. The van der Waals surface area contributed by atoms with E-state index in [0.717, 1.165) is 18.7 Å². The van der Waals surface area contributed by atoms with Gasteiger partial charge in [0.05, 0.1) is 31.8 Å². The van der Waals surface area contributed by atoms with Crippen molar-refractivity contribution in [1.82, 2.24) is 20.2 Å². The molecule has 1 aromatic carbocycles. The van der Waals surface area contributed by atoms with E-state index < -0.39 is 0 Å². The van der Waals surface area contributed by atoms with E-state index in [1.807, 2.05) is 4.68 Å². The van der Waals surface area contributed by atoms with Crippen molar-refractivity contribution < 1.29 is 14.3 Å². The number of carbonyl (C=O) groups is 1. The van der Waals surface area contributed by atoms with Crippen LogP contribution in [0.2, 0.25) is 0 Å². The predicted molar refractivity (Wildman–Crippen MR) is 99.7 cm³/mol. The third-order valence-electron chi connectivity index (χ3n) is 4.36. The maximum atomic E-state index is 12.2. The number of tetrazole rings is 1. The molecule has 1 aromatic heterocycles. The van der Waals surface area contributed by atoms with Gasteiger partial charge >= 0.3 is 0 Å². The Kier molecular flexibility index (Phi) is 6.32. The highest BCUT2D eigenvalue weighted by Crippen LogP contribution is 2.31. The fourth-order valence-corrected chi connectivity index (χ4v) is 3.82. The molecule has 9 heteroatoms. The van der Waals surface area contributed by atoms with Gasteiger partial charge in [0.1, 0.15) is 0 Å². The van der Waals surface area contributed by atoms with Gasteiger partial charge in [0.25, 0.3) is 0 Å². The fraction of sp³-hybridized carbons (Fsp3) is 0.529. The molecule has 0 bridgehead atoms. The Morgan fingerprint density at radius 1 is 1.27 bits per heavy atom. The van der Waals surface area contributed by atoms with Crippen LogP contribution in [-0.4, -0.2) is 46.1 Å². The first-order valence-electron chi connectivity index (χ1n) is 8.57. The lowest BCUT2D eigenvalue weighted by Gasteiger charge is -2.11. The quantitative estimate of drug-likeness (QED) is 0.756. The van der Waals surface area contributed by atoms with Crippen molar-refractivity contribution in [2.24, 2.45) is 0 Å². The zero-order valence-electron chi connectivity index (χ0n) is 15.0. The lowest BCUT2D eigenvalue weighted by Crippen LogP contribution is -2.15. The second-order valence-corrected chi connectivity index (χ2v) is 7.07. The van der Waals surface area contributed by atoms with Crippen LogP contribution in [0, 0.1) is 0 Å². The summed E-state index contributed by atoms with van der Waals surface area (Å²) in [5.74, 6) is 2.89. The Morgan fingerprint density at radius 3 is 2.77 bits per heavy atom. The molecular formula is C17H23N5O3S. The summed E-state index contributed by atoms with van der Waals surface area (Å²) < 4.78 is 12.4. The lowest BCUT2D eigenvalue weighted by atomic mass is 10.2. The minimum absolute atomic E-state index is 0.0814. The van der Waals surface area contributed by atoms with Crippen LogP contribution in [0.1, 0.15) is 37.5 Å². The zero-order chi connectivity index (χ0) is 18.4. The van der Waals surface area contributed by atoms with Crippen molar-refractivity contribution in [2.75, 3.05) is 25.3 Å². The van der Waals surface area contributed by atoms with Crippen molar-refractivity contribution in [1.29, 1.82) is 0 Å². The number of methoxy groups -OCH3 is 2. The van der Waals surface area contributed by atoms with E-state index in [9.17, 15) is 4.79 Å². The monoisotopic (exact) mass is 377 g/mol. The summed E-state index contributed by atoms with van der Waals surface area (Å²) in [6.45, 7) is 0. The normalized spacial score (nSPS) is 14.4. The first kappa shape index (κ1) is 18.5. The molecule has 0 atom stereocenters. The summed E-state index contributed by atoms with van der Waals surface area (Å²) >= 11 is 1.50. The standard InChI is InChI=1S/C17H23N5O3S/c1-24-14-8-7-12(9-15(14)25-2)18-17(23)11-26-10-16-19-20-21-22(16)13-5-3-4-6-13/h7-9,13H,3-6,10-11H2,1-2H3,(H,18,23). The molecule has 0 saturated heterocycles. The largest absolute Gasteiger partial charge is 0.493 e. The molecule has 1 fully saturated rings. The van der Waals surface area contributed by atoms with Crippen molar-refractivity contribution in [3.63, 3.8) is 0 Å². The molecule has 8 nitrogen and oxygen atoms in total. The second-order valence-electron chi connectivity index (χ2n) is 6.09. The molecule has 26 heavy (non-hydrogen) atoms. The van der Waals surface area contributed by atoms with E-state index in [2.05, 4.69) is 20.8 Å². The van der Waals surface area contributed by atoms with E-state index >= 15 is 0 Å². The van der Waals surface area contributed by atoms with Crippen molar-refractivity contribution in [2.45, 2.75) is 37.5 Å². The molecule has 2 aromatic rings. The first-order valence-corrected chi connectivity index (χ1v) is 9.73. The highest BCUT2D eigenvalue weighted by Gasteiger charge is 2.21. The number of ether oxygens (including phenoxy) is 2. The molecule has 1 aliphatic rings. The molecule has 0 unspecified atom stereocenters. The summed E-state index contributed by atoms with van der Waals surface area (Å²) in [5, 5.41) is 14.9. The smallest absolute Gasteiger partial charge is 0.234 e. The molecule has 0 spiro atoms. The number of hydrogen-bond donors (Lipinski definition) is 1. The molecular weight excluding hydrogens is 354 g/mol. The maximum absolute atomic E-state index is 12.2. The van der Waals surface area contributed by atoms with Gasteiger partial charge in [0.15, 0.2) is 17.3 Å². The van der Waals surface area contributed by atoms with E-state index in [4.69, 9.17) is 9.47 Å². The van der Waals surface area contributed by atoms with Crippen LogP contribution in [0.3, 0.4) is 0 Å². The number of aromatic nitrogens is 4. The number of carbonyl (C=O) groups excluding carboxylic acids is 1. The number of benzene rings is 1. The minimum atomic E-state index is -0.0814. The molecule has 3 rings (SSSR count). The van der Waals surface area contributed by atoms with Gasteiger partial charge in [-0.15, -0.1) is 16.9 Å². The first-order chi connectivity index (χ1) is 12.7. The van der Waals surface area contributed by atoms with Gasteiger partial charge in [-0.25, -0.2) is 4.68 Å². The van der Waals surface area contributed by atoms with Gasteiger partial charge in [0, 0.05) is 11.8 Å². The van der Waals surface area contributed by atoms with Crippen LogP contribution in [-0.2, 0) is 10.5 Å². The van der Waals surface area contributed by atoms with E-state index in [1.165, 1.54) is 24.6 Å². The summed E-state index contributed by atoms with van der Waals surface area (Å²) in [6, 6.07) is 5.69. The number of rotatable bonds is 8. The Bertz CT molecular complexity index is 746. The van der Waals surface area contributed by atoms with Crippen molar-refractivity contribution in [3.05, 3.63) is 24.0 Å². The Hall–Kier alpha value is -2.29.